The normalized spacial score (nSPS) is 13.9. The Balaban J connectivity index is 2.83. The van der Waals surface area contributed by atoms with Crippen molar-refractivity contribution in [1.29, 1.82) is 0 Å². The first-order chi connectivity index (χ1) is 6.92. The fourth-order valence-corrected chi connectivity index (χ4v) is 1.60. The Bertz CT molecular complexity index is 315. The predicted molar refractivity (Wildman–Crippen MR) is 60.8 cm³/mol. The molecule has 1 aromatic rings. The van der Waals surface area contributed by atoms with Gasteiger partial charge in [0.25, 0.3) is 0 Å². The van der Waals surface area contributed by atoms with E-state index in [2.05, 4.69) is 0 Å². The van der Waals surface area contributed by atoms with Gasteiger partial charge in [0.15, 0.2) is 0 Å². The van der Waals surface area contributed by atoms with Gasteiger partial charge in [-0.3, -0.25) is 0 Å². The van der Waals surface area contributed by atoms with Crippen LogP contribution in [0.5, 0.6) is 0 Å². The summed E-state index contributed by atoms with van der Waals surface area (Å²) in [6.45, 7) is 5.24. The molecule has 0 radical (unpaired) electrons. The maximum absolute atomic E-state index is 13.4. The van der Waals surface area contributed by atoms with E-state index in [0.29, 0.717) is 6.42 Å². The van der Waals surface area contributed by atoms with Crippen molar-refractivity contribution >= 4 is 0 Å². The van der Waals surface area contributed by atoms with Crippen LogP contribution in [0.3, 0.4) is 0 Å². The molecular formula is C13H19FO. The summed E-state index contributed by atoms with van der Waals surface area (Å²) in [4.78, 5) is 0. The van der Waals surface area contributed by atoms with Gasteiger partial charge in [0.2, 0.25) is 0 Å². The Kier molecular flexibility index (Phi) is 3.86. The molecule has 2 heteroatoms. The first-order valence-electron chi connectivity index (χ1n) is 5.31. The summed E-state index contributed by atoms with van der Waals surface area (Å²) >= 11 is 0. The van der Waals surface area contributed by atoms with Gasteiger partial charge in [-0.05, 0) is 25.0 Å². The molecule has 1 N–H and O–H groups in total. The van der Waals surface area contributed by atoms with Crippen molar-refractivity contribution in [2.24, 2.45) is 0 Å². The van der Waals surface area contributed by atoms with Gasteiger partial charge in [-0.1, -0.05) is 31.2 Å². The fraction of sp³-hybridized carbons (Fsp3) is 0.538. The number of halogens is 1. The summed E-state index contributed by atoms with van der Waals surface area (Å²) in [7, 11) is 0. The average molecular weight is 210 g/mol. The summed E-state index contributed by atoms with van der Waals surface area (Å²) in [6, 6.07) is 7.79. The van der Waals surface area contributed by atoms with Gasteiger partial charge in [-0.2, -0.15) is 0 Å². The summed E-state index contributed by atoms with van der Waals surface area (Å²) in [5.41, 5.74) is 0.876. The van der Waals surface area contributed by atoms with Crippen LogP contribution < -0.4 is 0 Å². The van der Waals surface area contributed by atoms with Crippen LogP contribution in [-0.4, -0.2) is 17.4 Å². The van der Waals surface area contributed by atoms with Gasteiger partial charge < -0.3 is 5.11 Å². The van der Waals surface area contributed by atoms with E-state index in [1.54, 1.807) is 13.8 Å². The molecule has 15 heavy (non-hydrogen) atoms. The molecule has 1 rings (SSSR count). The van der Waals surface area contributed by atoms with Crippen LogP contribution in [0.2, 0.25) is 0 Å². The average Bonchev–Trinajstić information content (AvgIpc) is 2.14. The zero-order chi connectivity index (χ0) is 11.5. The van der Waals surface area contributed by atoms with Crippen LogP contribution in [0.15, 0.2) is 24.3 Å². The molecule has 1 atom stereocenters. The van der Waals surface area contributed by atoms with Crippen molar-refractivity contribution in [3.63, 3.8) is 0 Å². The highest BCUT2D eigenvalue weighted by molar-refractivity contribution is 5.27. The molecule has 0 bridgehead atoms. The SMILES string of the molecule is CC(CO)c1cccc(CC(C)(C)F)c1. The second kappa shape index (κ2) is 4.75. The summed E-state index contributed by atoms with van der Waals surface area (Å²) in [6.07, 6.45) is 0.416. The Morgan fingerprint density at radius 1 is 1.40 bits per heavy atom. The second-order valence-corrected chi connectivity index (χ2v) is 4.72. The van der Waals surface area contributed by atoms with E-state index in [-0.39, 0.29) is 12.5 Å². The topological polar surface area (TPSA) is 20.2 Å². The highest BCUT2D eigenvalue weighted by Gasteiger charge is 2.16. The molecule has 0 amide bonds. The zero-order valence-corrected chi connectivity index (χ0v) is 9.63. The van der Waals surface area contributed by atoms with Crippen molar-refractivity contribution < 1.29 is 9.50 Å². The Hall–Kier alpha value is -0.890. The van der Waals surface area contributed by atoms with E-state index >= 15 is 0 Å². The standard InChI is InChI=1S/C13H19FO/c1-10(9-15)12-6-4-5-11(7-12)8-13(2,3)14/h4-7,10,15H,8-9H2,1-3H3. The number of aliphatic hydroxyl groups excluding tert-OH is 1. The third-order valence-electron chi connectivity index (χ3n) is 2.42. The molecule has 0 aromatic heterocycles. The van der Waals surface area contributed by atoms with Crippen molar-refractivity contribution in [1.82, 2.24) is 0 Å². The molecule has 0 saturated carbocycles. The molecule has 84 valence electrons. The molecule has 1 unspecified atom stereocenters. The Labute approximate surface area is 90.9 Å². The van der Waals surface area contributed by atoms with Crippen LogP contribution in [0.25, 0.3) is 0 Å². The lowest BCUT2D eigenvalue weighted by Crippen LogP contribution is -2.15. The maximum atomic E-state index is 13.4. The summed E-state index contributed by atoms with van der Waals surface area (Å²) in [5, 5.41) is 9.04. The smallest absolute Gasteiger partial charge is 0.109 e. The van der Waals surface area contributed by atoms with E-state index in [1.165, 1.54) is 0 Å². The number of benzene rings is 1. The van der Waals surface area contributed by atoms with E-state index in [0.717, 1.165) is 11.1 Å². The minimum absolute atomic E-state index is 0.118. The van der Waals surface area contributed by atoms with Gasteiger partial charge in [0.05, 0.1) is 0 Å². The fourth-order valence-electron chi connectivity index (χ4n) is 1.60. The second-order valence-electron chi connectivity index (χ2n) is 4.72. The molecule has 0 aliphatic heterocycles. The number of hydrogen-bond donors (Lipinski definition) is 1. The van der Waals surface area contributed by atoms with Crippen LogP contribution in [0.4, 0.5) is 4.39 Å². The van der Waals surface area contributed by atoms with Gasteiger partial charge in [-0.25, -0.2) is 4.39 Å². The molecule has 0 spiro atoms. The summed E-state index contributed by atoms with van der Waals surface area (Å²) < 4.78 is 13.4. The van der Waals surface area contributed by atoms with Crippen molar-refractivity contribution in [3.05, 3.63) is 35.4 Å². The zero-order valence-electron chi connectivity index (χ0n) is 9.63. The lowest BCUT2D eigenvalue weighted by molar-refractivity contribution is 0.217. The Morgan fingerprint density at radius 2 is 2.07 bits per heavy atom. The van der Waals surface area contributed by atoms with Crippen LogP contribution in [-0.2, 0) is 6.42 Å². The van der Waals surface area contributed by atoms with E-state index in [1.807, 2.05) is 31.2 Å². The first-order valence-corrected chi connectivity index (χ1v) is 5.31. The van der Waals surface area contributed by atoms with Crippen molar-refractivity contribution in [2.45, 2.75) is 38.8 Å². The quantitative estimate of drug-likeness (QED) is 0.809. The maximum Gasteiger partial charge on any atom is 0.109 e. The van der Waals surface area contributed by atoms with E-state index in [9.17, 15) is 4.39 Å². The van der Waals surface area contributed by atoms with Crippen LogP contribution in [0.1, 0.15) is 37.8 Å². The van der Waals surface area contributed by atoms with Crippen LogP contribution in [0, 0.1) is 0 Å². The third-order valence-corrected chi connectivity index (χ3v) is 2.42. The highest BCUT2D eigenvalue weighted by Crippen LogP contribution is 2.20. The van der Waals surface area contributed by atoms with Gasteiger partial charge in [-0.15, -0.1) is 0 Å². The minimum Gasteiger partial charge on any atom is -0.396 e. The molecule has 0 aliphatic rings. The van der Waals surface area contributed by atoms with Crippen molar-refractivity contribution in [2.75, 3.05) is 6.61 Å². The minimum atomic E-state index is -1.18. The van der Waals surface area contributed by atoms with Crippen LogP contribution >= 0.6 is 0 Å². The highest BCUT2D eigenvalue weighted by atomic mass is 19.1. The molecule has 1 nitrogen and oxygen atoms in total. The van der Waals surface area contributed by atoms with Gasteiger partial charge >= 0.3 is 0 Å². The molecule has 0 aliphatic carbocycles. The van der Waals surface area contributed by atoms with Gasteiger partial charge in [0.1, 0.15) is 5.67 Å². The van der Waals surface area contributed by atoms with E-state index in [4.69, 9.17) is 5.11 Å². The number of aliphatic hydroxyl groups is 1. The molecule has 0 fully saturated rings. The molecular weight excluding hydrogens is 191 g/mol. The lowest BCUT2D eigenvalue weighted by Gasteiger charge is -2.15. The molecule has 0 heterocycles. The number of alkyl halides is 1. The molecule has 1 aromatic carbocycles. The predicted octanol–water partition coefficient (Wildman–Crippen LogP) is 3.07. The first kappa shape index (κ1) is 12.2. The van der Waals surface area contributed by atoms with Gasteiger partial charge in [0, 0.05) is 18.9 Å². The van der Waals surface area contributed by atoms with E-state index < -0.39 is 5.67 Å². The van der Waals surface area contributed by atoms with Crippen molar-refractivity contribution in [3.8, 4) is 0 Å². The summed E-state index contributed by atoms with van der Waals surface area (Å²) in [5.74, 6) is 0.118. The monoisotopic (exact) mass is 210 g/mol. The number of rotatable bonds is 4. The lowest BCUT2D eigenvalue weighted by atomic mass is 9.95. The number of hydrogen-bond acceptors (Lipinski definition) is 1. The third kappa shape index (κ3) is 4.00. The Morgan fingerprint density at radius 3 is 2.60 bits per heavy atom. The largest absolute Gasteiger partial charge is 0.396 e. The molecule has 0 saturated heterocycles.